The van der Waals surface area contributed by atoms with Crippen LogP contribution >= 0.6 is 15.9 Å². The first-order chi connectivity index (χ1) is 8.70. The zero-order chi connectivity index (χ0) is 13.0. The topological polar surface area (TPSA) is 41.5 Å². The standard InChI is InChI=1S/C14H20BrNO2/c1-18-11-6-7-12(15)10(8-11)9-16-13-4-2-3-5-14(13)17/h6-8,13-14,16-17H,2-5,9H2,1H3. The fourth-order valence-corrected chi connectivity index (χ4v) is 2.79. The number of methoxy groups -OCH3 is 1. The van der Waals surface area contributed by atoms with Gasteiger partial charge in [-0.2, -0.15) is 0 Å². The van der Waals surface area contributed by atoms with Gasteiger partial charge in [-0.15, -0.1) is 0 Å². The van der Waals surface area contributed by atoms with Crippen LogP contribution in [0.3, 0.4) is 0 Å². The van der Waals surface area contributed by atoms with E-state index in [0.717, 1.165) is 41.6 Å². The van der Waals surface area contributed by atoms with Crippen molar-refractivity contribution in [2.45, 2.75) is 44.4 Å². The predicted octanol–water partition coefficient (Wildman–Crippen LogP) is 2.85. The Morgan fingerprint density at radius 2 is 2.17 bits per heavy atom. The Bertz CT molecular complexity index is 397. The largest absolute Gasteiger partial charge is 0.497 e. The number of nitrogens with one attached hydrogen (secondary N) is 1. The zero-order valence-electron chi connectivity index (χ0n) is 10.7. The third kappa shape index (κ3) is 3.46. The number of aliphatic hydroxyl groups excluding tert-OH is 1. The first kappa shape index (κ1) is 13.8. The van der Waals surface area contributed by atoms with Crippen LogP contribution in [-0.4, -0.2) is 24.4 Å². The fraction of sp³-hybridized carbons (Fsp3) is 0.571. The number of ether oxygens (including phenoxy) is 1. The van der Waals surface area contributed by atoms with Gasteiger partial charge in [0.25, 0.3) is 0 Å². The third-order valence-corrected chi connectivity index (χ3v) is 4.31. The van der Waals surface area contributed by atoms with Gasteiger partial charge in [-0.05, 0) is 36.6 Å². The minimum Gasteiger partial charge on any atom is -0.497 e. The summed E-state index contributed by atoms with van der Waals surface area (Å²) in [5.41, 5.74) is 1.16. The van der Waals surface area contributed by atoms with E-state index in [-0.39, 0.29) is 12.1 Å². The van der Waals surface area contributed by atoms with Gasteiger partial charge < -0.3 is 15.2 Å². The molecule has 2 unspecified atom stereocenters. The van der Waals surface area contributed by atoms with Crippen molar-refractivity contribution in [3.8, 4) is 5.75 Å². The molecule has 4 heteroatoms. The normalized spacial score (nSPS) is 23.9. The van der Waals surface area contributed by atoms with E-state index in [0.29, 0.717) is 0 Å². The summed E-state index contributed by atoms with van der Waals surface area (Å²) >= 11 is 3.54. The molecule has 2 atom stereocenters. The van der Waals surface area contributed by atoms with E-state index in [1.165, 1.54) is 6.42 Å². The number of benzene rings is 1. The Kier molecular flexibility index (Phi) is 5.03. The molecule has 0 radical (unpaired) electrons. The molecule has 3 nitrogen and oxygen atoms in total. The highest BCUT2D eigenvalue weighted by Gasteiger charge is 2.22. The maximum Gasteiger partial charge on any atom is 0.119 e. The van der Waals surface area contributed by atoms with Gasteiger partial charge in [-0.1, -0.05) is 28.8 Å². The Morgan fingerprint density at radius 3 is 2.89 bits per heavy atom. The van der Waals surface area contributed by atoms with Crippen LogP contribution < -0.4 is 10.1 Å². The van der Waals surface area contributed by atoms with Crippen LogP contribution in [0.2, 0.25) is 0 Å². The highest BCUT2D eigenvalue weighted by atomic mass is 79.9. The molecule has 1 fully saturated rings. The van der Waals surface area contributed by atoms with E-state index in [2.05, 4.69) is 21.2 Å². The van der Waals surface area contributed by atoms with Gasteiger partial charge in [0.05, 0.1) is 13.2 Å². The lowest BCUT2D eigenvalue weighted by Crippen LogP contribution is -2.41. The van der Waals surface area contributed by atoms with Crippen LogP contribution in [-0.2, 0) is 6.54 Å². The maximum atomic E-state index is 9.92. The summed E-state index contributed by atoms with van der Waals surface area (Å²) in [5.74, 6) is 0.860. The van der Waals surface area contributed by atoms with E-state index in [1.54, 1.807) is 7.11 Å². The molecule has 1 aliphatic rings. The Morgan fingerprint density at radius 1 is 1.39 bits per heavy atom. The Labute approximate surface area is 117 Å². The molecular weight excluding hydrogens is 294 g/mol. The lowest BCUT2D eigenvalue weighted by atomic mass is 9.92. The highest BCUT2D eigenvalue weighted by Crippen LogP contribution is 2.24. The summed E-state index contributed by atoms with van der Waals surface area (Å²) in [7, 11) is 1.67. The monoisotopic (exact) mass is 313 g/mol. The van der Waals surface area contributed by atoms with Gasteiger partial charge in [0, 0.05) is 17.1 Å². The molecule has 0 aromatic heterocycles. The minimum absolute atomic E-state index is 0.205. The SMILES string of the molecule is COc1ccc(Br)c(CNC2CCCCC2O)c1. The summed E-state index contributed by atoms with van der Waals surface area (Å²) in [6.07, 6.45) is 4.11. The molecule has 2 N–H and O–H groups in total. The summed E-state index contributed by atoms with van der Waals surface area (Å²) in [4.78, 5) is 0. The lowest BCUT2D eigenvalue weighted by molar-refractivity contribution is 0.0902. The van der Waals surface area contributed by atoms with Gasteiger partial charge in [0.2, 0.25) is 0 Å². The zero-order valence-corrected chi connectivity index (χ0v) is 12.2. The Balaban J connectivity index is 1.96. The van der Waals surface area contributed by atoms with Crippen LogP contribution in [0, 0.1) is 0 Å². The third-order valence-electron chi connectivity index (χ3n) is 3.54. The Hall–Kier alpha value is -0.580. The molecule has 1 aromatic rings. The first-order valence-electron chi connectivity index (χ1n) is 6.44. The molecule has 0 saturated heterocycles. The maximum absolute atomic E-state index is 9.92. The molecule has 18 heavy (non-hydrogen) atoms. The molecule has 1 aromatic carbocycles. The smallest absolute Gasteiger partial charge is 0.119 e. The molecule has 1 aliphatic carbocycles. The summed E-state index contributed by atoms with van der Waals surface area (Å²) in [6.45, 7) is 0.750. The van der Waals surface area contributed by atoms with Crippen LogP contribution in [0.4, 0.5) is 0 Å². The number of rotatable bonds is 4. The van der Waals surface area contributed by atoms with Crippen LogP contribution in [0.25, 0.3) is 0 Å². The minimum atomic E-state index is -0.205. The number of halogens is 1. The molecule has 0 heterocycles. The molecule has 1 saturated carbocycles. The average Bonchev–Trinajstić information content (AvgIpc) is 2.39. The second kappa shape index (κ2) is 6.55. The summed E-state index contributed by atoms with van der Waals surface area (Å²) < 4.78 is 6.30. The fourth-order valence-electron chi connectivity index (χ4n) is 2.40. The second-order valence-corrected chi connectivity index (χ2v) is 5.65. The van der Waals surface area contributed by atoms with E-state index in [9.17, 15) is 5.11 Å². The molecule has 0 amide bonds. The van der Waals surface area contributed by atoms with E-state index in [4.69, 9.17) is 4.74 Å². The lowest BCUT2D eigenvalue weighted by Gasteiger charge is -2.28. The molecule has 0 aliphatic heterocycles. The van der Waals surface area contributed by atoms with Crippen molar-refractivity contribution in [3.05, 3.63) is 28.2 Å². The number of aliphatic hydroxyl groups is 1. The molecule has 100 valence electrons. The van der Waals surface area contributed by atoms with Crippen LogP contribution in [0.5, 0.6) is 5.75 Å². The van der Waals surface area contributed by atoms with Gasteiger partial charge >= 0.3 is 0 Å². The average molecular weight is 314 g/mol. The van der Waals surface area contributed by atoms with E-state index < -0.39 is 0 Å². The number of hydrogen-bond acceptors (Lipinski definition) is 3. The van der Waals surface area contributed by atoms with Gasteiger partial charge in [0.1, 0.15) is 5.75 Å². The first-order valence-corrected chi connectivity index (χ1v) is 7.24. The van der Waals surface area contributed by atoms with Gasteiger partial charge in [-0.3, -0.25) is 0 Å². The van der Waals surface area contributed by atoms with Crippen LogP contribution in [0.15, 0.2) is 22.7 Å². The molecule has 2 rings (SSSR count). The quantitative estimate of drug-likeness (QED) is 0.898. The van der Waals surface area contributed by atoms with E-state index >= 15 is 0 Å². The second-order valence-electron chi connectivity index (χ2n) is 4.80. The van der Waals surface area contributed by atoms with Crippen molar-refractivity contribution in [1.82, 2.24) is 5.32 Å². The van der Waals surface area contributed by atoms with Gasteiger partial charge in [-0.25, -0.2) is 0 Å². The van der Waals surface area contributed by atoms with Crippen molar-refractivity contribution in [2.24, 2.45) is 0 Å². The van der Waals surface area contributed by atoms with Crippen molar-refractivity contribution >= 4 is 15.9 Å². The highest BCUT2D eigenvalue weighted by molar-refractivity contribution is 9.10. The summed E-state index contributed by atoms with van der Waals surface area (Å²) in [6, 6.07) is 6.17. The van der Waals surface area contributed by atoms with Gasteiger partial charge in [0.15, 0.2) is 0 Å². The predicted molar refractivity (Wildman–Crippen MR) is 75.8 cm³/mol. The van der Waals surface area contributed by atoms with Crippen LogP contribution in [0.1, 0.15) is 31.2 Å². The molecule has 0 spiro atoms. The summed E-state index contributed by atoms with van der Waals surface area (Å²) in [5, 5.41) is 13.4. The molecular formula is C14H20BrNO2. The molecule has 0 bridgehead atoms. The van der Waals surface area contributed by atoms with E-state index in [1.807, 2.05) is 18.2 Å². The number of hydrogen-bond donors (Lipinski definition) is 2. The van der Waals surface area contributed by atoms with Crippen molar-refractivity contribution in [1.29, 1.82) is 0 Å². The van der Waals surface area contributed by atoms with Crippen molar-refractivity contribution in [2.75, 3.05) is 7.11 Å². The van der Waals surface area contributed by atoms with Crippen molar-refractivity contribution in [3.63, 3.8) is 0 Å². The van der Waals surface area contributed by atoms with Crippen molar-refractivity contribution < 1.29 is 9.84 Å².